The summed E-state index contributed by atoms with van der Waals surface area (Å²) >= 11 is 0. The fourth-order valence-corrected chi connectivity index (χ4v) is 5.51. The molecule has 0 aromatic heterocycles. The monoisotopic (exact) mass is 733 g/mol. The van der Waals surface area contributed by atoms with Crippen molar-refractivity contribution in [2.45, 2.75) is 200 Å². The third-order valence-electron chi connectivity index (χ3n) is 8.62. The Balaban J connectivity index is 4.32. The first kappa shape index (κ1) is 48.9. The van der Waals surface area contributed by atoms with Crippen LogP contribution in [0.15, 0.2) is 0 Å². The van der Waals surface area contributed by atoms with E-state index in [0.717, 1.165) is 38.5 Å². The summed E-state index contributed by atoms with van der Waals surface area (Å²) in [5.41, 5.74) is 0. The summed E-state index contributed by atoms with van der Waals surface area (Å²) in [4.78, 5) is 35.1. The summed E-state index contributed by atoms with van der Waals surface area (Å²) in [5, 5.41) is 8.76. The van der Waals surface area contributed by atoms with E-state index < -0.39 is 36.7 Å². The smallest absolute Gasteiger partial charge is 0.463 e. The predicted molar refractivity (Wildman–Crippen MR) is 200 cm³/mol. The molecule has 0 saturated carbocycles. The third-order valence-corrected chi connectivity index (χ3v) is 8.62. The first-order valence-electron chi connectivity index (χ1n) is 20.4. The zero-order chi connectivity index (χ0) is 37.8. The first-order chi connectivity index (χ1) is 24.7. The lowest BCUT2D eigenvalue weighted by atomic mass is 10.1. The van der Waals surface area contributed by atoms with Gasteiger partial charge in [0.2, 0.25) is 0 Å². The van der Waals surface area contributed by atoms with Crippen molar-refractivity contribution in [3.05, 3.63) is 0 Å². The van der Waals surface area contributed by atoms with Gasteiger partial charge in [-0.3, -0.25) is 4.79 Å². The standard InChI is InChI=1S/C40H76O11/c1-6-8-10-12-14-16-18-19-21-23-25-27-38(41)48-31-36(5)51-37(32-46-34(3)29-49-39(42)43)33-47-35(4)30-50-40(44)45-28-26-24-22-20-17-15-13-11-9-7-2/h34-37H,6-33H2,1-5H3,(H,42,43). The summed E-state index contributed by atoms with van der Waals surface area (Å²) in [6, 6.07) is 0. The quantitative estimate of drug-likeness (QED) is 0.0371. The number of esters is 1. The number of hydrogen-bond acceptors (Lipinski definition) is 10. The average molecular weight is 733 g/mol. The van der Waals surface area contributed by atoms with Crippen LogP contribution in [0.3, 0.4) is 0 Å². The molecule has 0 saturated heterocycles. The van der Waals surface area contributed by atoms with E-state index in [1.807, 2.05) is 0 Å². The molecule has 302 valence electrons. The molecule has 0 heterocycles. The molecule has 0 aromatic rings. The second-order valence-corrected chi connectivity index (χ2v) is 14.0. The summed E-state index contributed by atoms with van der Waals surface area (Å²) < 4.78 is 38.1. The lowest BCUT2D eigenvalue weighted by molar-refractivity contribution is -0.155. The average Bonchev–Trinajstić information content (AvgIpc) is 3.11. The molecular formula is C40H76O11. The number of ether oxygens (including phenoxy) is 7. The van der Waals surface area contributed by atoms with E-state index in [4.69, 9.17) is 33.5 Å². The van der Waals surface area contributed by atoms with Gasteiger partial charge in [0.15, 0.2) is 0 Å². The molecule has 4 unspecified atom stereocenters. The number of carbonyl (C=O) groups excluding carboxylic acids is 2. The second kappa shape index (κ2) is 36.3. The van der Waals surface area contributed by atoms with Crippen LogP contribution in [-0.4, -0.2) is 87.4 Å². The van der Waals surface area contributed by atoms with Gasteiger partial charge in [-0.25, -0.2) is 9.59 Å². The third kappa shape index (κ3) is 36.1. The fourth-order valence-electron chi connectivity index (χ4n) is 5.51. The number of hydrogen-bond donors (Lipinski definition) is 1. The molecule has 0 spiro atoms. The molecule has 0 radical (unpaired) electrons. The Morgan fingerprint density at radius 3 is 1.35 bits per heavy atom. The van der Waals surface area contributed by atoms with Crippen molar-refractivity contribution >= 4 is 18.3 Å². The van der Waals surface area contributed by atoms with Gasteiger partial charge < -0.3 is 38.3 Å². The van der Waals surface area contributed by atoms with Gasteiger partial charge in [0.1, 0.15) is 25.9 Å². The summed E-state index contributed by atoms with van der Waals surface area (Å²) in [6.07, 6.45) is 21.8. The van der Waals surface area contributed by atoms with Crippen LogP contribution in [-0.2, 0) is 38.0 Å². The van der Waals surface area contributed by atoms with E-state index in [2.05, 4.69) is 18.6 Å². The Morgan fingerprint density at radius 2 is 0.882 bits per heavy atom. The van der Waals surface area contributed by atoms with E-state index in [0.29, 0.717) is 13.0 Å². The zero-order valence-corrected chi connectivity index (χ0v) is 33.1. The molecule has 0 amide bonds. The van der Waals surface area contributed by atoms with Crippen LogP contribution in [0.5, 0.6) is 0 Å². The topological polar surface area (TPSA) is 136 Å². The van der Waals surface area contributed by atoms with Gasteiger partial charge in [0, 0.05) is 6.42 Å². The zero-order valence-electron chi connectivity index (χ0n) is 33.1. The van der Waals surface area contributed by atoms with Crippen LogP contribution in [0.25, 0.3) is 0 Å². The van der Waals surface area contributed by atoms with Crippen molar-refractivity contribution in [1.29, 1.82) is 0 Å². The SMILES string of the molecule is CCCCCCCCCCCCCC(=O)OCC(C)OC(COC(C)COC(=O)O)COC(C)COC(=O)OCCCCCCCCCCCC. The molecule has 0 aromatic carbocycles. The Morgan fingerprint density at radius 1 is 0.471 bits per heavy atom. The van der Waals surface area contributed by atoms with Crippen LogP contribution < -0.4 is 0 Å². The Labute approximate surface area is 310 Å². The van der Waals surface area contributed by atoms with Gasteiger partial charge >= 0.3 is 18.3 Å². The van der Waals surface area contributed by atoms with Crippen molar-refractivity contribution in [3.63, 3.8) is 0 Å². The molecular weight excluding hydrogens is 656 g/mol. The molecule has 0 aliphatic heterocycles. The molecule has 51 heavy (non-hydrogen) atoms. The number of unbranched alkanes of at least 4 members (excludes halogenated alkanes) is 19. The molecule has 0 bridgehead atoms. The molecule has 0 aliphatic rings. The van der Waals surface area contributed by atoms with Gasteiger partial charge in [-0.2, -0.15) is 0 Å². The second-order valence-electron chi connectivity index (χ2n) is 14.0. The molecule has 0 rings (SSSR count). The maximum atomic E-state index is 12.3. The highest BCUT2D eigenvalue weighted by atomic mass is 16.7. The van der Waals surface area contributed by atoms with Crippen molar-refractivity contribution < 1.29 is 52.6 Å². The highest BCUT2D eigenvalue weighted by Gasteiger charge is 2.20. The largest absolute Gasteiger partial charge is 0.508 e. The molecule has 11 nitrogen and oxygen atoms in total. The van der Waals surface area contributed by atoms with Gasteiger partial charge in [0.25, 0.3) is 0 Å². The molecule has 11 heteroatoms. The maximum absolute atomic E-state index is 12.3. The van der Waals surface area contributed by atoms with Gasteiger partial charge in [-0.1, -0.05) is 136 Å². The van der Waals surface area contributed by atoms with Crippen molar-refractivity contribution in [2.24, 2.45) is 0 Å². The van der Waals surface area contributed by atoms with E-state index in [1.165, 1.54) is 96.3 Å². The first-order valence-corrected chi connectivity index (χ1v) is 20.4. The molecule has 0 aliphatic carbocycles. The summed E-state index contributed by atoms with van der Waals surface area (Å²) in [7, 11) is 0. The Kier molecular flexibility index (Phi) is 34.8. The van der Waals surface area contributed by atoms with Gasteiger partial charge in [-0.05, 0) is 33.6 Å². The number of carbonyl (C=O) groups is 3. The molecule has 4 atom stereocenters. The van der Waals surface area contributed by atoms with Crippen molar-refractivity contribution in [1.82, 2.24) is 0 Å². The van der Waals surface area contributed by atoms with E-state index in [1.54, 1.807) is 20.8 Å². The Bertz CT molecular complexity index is 809. The molecule has 0 fully saturated rings. The maximum Gasteiger partial charge on any atom is 0.508 e. The minimum atomic E-state index is -1.37. The van der Waals surface area contributed by atoms with Crippen molar-refractivity contribution in [3.8, 4) is 0 Å². The number of carboxylic acid groups (broad SMARTS) is 1. The van der Waals surface area contributed by atoms with Crippen LogP contribution >= 0.6 is 0 Å². The van der Waals surface area contributed by atoms with Gasteiger partial charge in [0.05, 0.1) is 38.1 Å². The van der Waals surface area contributed by atoms with Crippen LogP contribution in [0, 0.1) is 0 Å². The van der Waals surface area contributed by atoms with Crippen LogP contribution in [0.2, 0.25) is 0 Å². The van der Waals surface area contributed by atoms with E-state index in [-0.39, 0.29) is 39.0 Å². The Hall–Kier alpha value is -2.11. The van der Waals surface area contributed by atoms with Crippen LogP contribution in [0.4, 0.5) is 9.59 Å². The number of rotatable bonds is 37. The van der Waals surface area contributed by atoms with Crippen molar-refractivity contribution in [2.75, 3.05) is 39.6 Å². The summed E-state index contributed by atoms with van der Waals surface area (Å²) in [6.45, 7) is 10.3. The molecule has 1 N–H and O–H groups in total. The van der Waals surface area contributed by atoms with Crippen LogP contribution in [0.1, 0.15) is 176 Å². The minimum absolute atomic E-state index is 0.0134. The van der Waals surface area contributed by atoms with Gasteiger partial charge in [-0.15, -0.1) is 0 Å². The lowest BCUT2D eigenvalue weighted by Crippen LogP contribution is -2.35. The fraction of sp³-hybridized carbons (Fsp3) is 0.925. The van der Waals surface area contributed by atoms with E-state index in [9.17, 15) is 14.4 Å². The highest BCUT2D eigenvalue weighted by molar-refractivity contribution is 5.69. The normalized spacial score (nSPS) is 13.7. The summed E-state index contributed by atoms with van der Waals surface area (Å²) in [5.74, 6) is -0.240. The minimum Gasteiger partial charge on any atom is -0.463 e. The lowest BCUT2D eigenvalue weighted by Gasteiger charge is -2.25. The van der Waals surface area contributed by atoms with E-state index >= 15 is 0 Å². The predicted octanol–water partition coefficient (Wildman–Crippen LogP) is 10.6. The highest BCUT2D eigenvalue weighted by Crippen LogP contribution is 2.13.